The molecule has 2 aromatic rings. The number of aromatic nitrogens is 2. The van der Waals surface area contributed by atoms with E-state index in [9.17, 15) is 0 Å². The smallest absolute Gasteiger partial charge is 0.226 e. The molecule has 0 saturated heterocycles. The summed E-state index contributed by atoms with van der Waals surface area (Å²) in [6, 6.07) is 8.08. The summed E-state index contributed by atoms with van der Waals surface area (Å²) in [6.07, 6.45) is 2.48. The Morgan fingerprint density at radius 2 is 2.21 bits per heavy atom. The maximum absolute atomic E-state index is 5.74. The molecule has 0 amide bonds. The molecule has 0 radical (unpaired) electrons. The Morgan fingerprint density at radius 1 is 1.32 bits per heavy atom. The Labute approximate surface area is 116 Å². The third-order valence-corrected chi connectivity index (χ3v) is 3.52. The quantitative estimate of drug-likeness (QED) is 0.807. The summed E-state index contributed by atoms with van der Waals surface area (Å²) < 4.78 is 11.0. The number of aryl methyl sites for hydroxylation is 1. The minimum atomic E-state index is 0.170. The van der Waals surface area contributed by atoms with Crippen molar-refractivity contribution in [2.24, 2.45) is 0 Å². The molecule has 1 aromatic heterocycles. The number of rotatable bonds is 4. The fraction of sp³-hybridized carbons (Fsp3) is 0.429. The standard InChI is InChI=1S/C14H15ClN2O2/c15-7-3-6-13-16-14(17-19-13)11-8-10-4-1-2-5-12(10)18-9-11/h1-2,4-5,11H,3,6-9H2. The Hall–Kier alpha value is -1.55. The maximum Gasteiger partial charge on any atom is 0.226 e. The van der Waals surface area contributed by atoms with E-state index < -0.39 is 0 Å². The van der Waals surface area contributed by atoms with Crippen LogP contribution in [0.2, 0.25) is 0 Å². The van der Waals surface area contributed by atoms with Crippen LogP contribution in [0.1, 0.15) is 29.6 Å². The number of nitrogens with zero attached hydrogens (tertiary/aromatic N) is 2. The van der Waals surface area contributed by atoms with Gasteiger partial charge in [0.05, 0.1) is 12.5 Å². The molecule has 1 aliphatic rings. The highest BCUT2D eigenvalue weighted by Gasteiger charge is 2.25. The lowest BCUT2D eigenvalue weighted by Crippen LogP contribution is -2.20. The van der Waals surface area contributed by atoms with Crippen LogP contribution in [0.15, 0.2) is 28.8 Å². The van der Waals surface area contributed by atoms with E-state index in [1.807, 2.05) is 18.2 Å². The number of para-hydroxylation sites is 1. The zero-order valence-electron chi connectivity index (χ0n) is 10.5. The van der Waals surface area contributed by atoms with Gasteiger partial charge in [-0.2, -0.15) is 4.98 Å². The molecule has 0 aliphatic carbocycles. The van der Waals surface area contributed by atoms with Crippen molar-refractivity contribution in [3.8, 4) is 5.75 Å². The molecule has 0 saturated carbocycles. The van der Waals surface area contributed by atoms with Crippen LogP contribution in [0.25, 0.3) is 0 Å². The SMILES string of the molecule is ClCCCc1nc(C2COc3ccccc3C2)no1. The van der Waals surface area contributed by atoms with Gasteiger partial charge in [0, 0.05) is 12.3 Å². The van der Waals surface area contributed by atoms with Gasteiger partial charge < -0.3 is 9.26 Å². The van der Waals surface area contributed by atoms with Crippen molar-refractivity contribution in [2.45, 2.75) is 25.2 Å². The first-order valence-corrected chi connectivity index (χ1v) is 6.99. The van der Waals surface area contributed by atoms with Gasteiger partial charge in [-0.1, -0.05) is 23.4 Å². The molecule has 0 fully saturated rings. The first kappa shape index (κ1) is 12.5. The zero-order chi connectivity index (χ0) is 13.1. The molecular weight excluding hydrogens is 264 g/mol. The van der Waals surface area contributed by atoms with Crippen molar-refractivity contribution in [1.82, 2.24) is 10.1 Å². The van der Waals surface area contributed by atoms with Crippen LogP contribution in [0, 0.1) is 0 Å². The van der Waals surface area contributed by atoms with Gasteiger partial charge in [-0.3, -0.25) is 0 Å². The molecule has 3 rings (SSSR count). The fourth-order valence-electron chi connectivity index (χ4n) is 2.25. The summed E-state index contributed by atoms with van der Waals surface area (Å²) in [6.45, 7) is 0.603. The molecule has 100 valence electrons. The number of halogens is 1. The summed E-state index contributed by atoms with van der Waals surface area (Å²) in [5, 5.41) is 4.06. The van der Waals surface area contributed by atoms with E-state index in [1.165, 1.54) is 5.56 Å². The van der Waals surface area contributed by atoms with E-state index in [2.05, 4.69) is 16.2 Å². The number of benzene rings is 1. The molecule has 0 N–H and O–H groups in total. The second-order valence-corrected chi connectivity index (χ2v) is 5.04. The normalized spacial score (nSPS) is 17.8. The highest BCUT2D eigenvalue weighted by molar-refractivity contribution is 6.17. The van der Waals surface area contributed by atoms with Crippen molar-refractivity contribution < 1.29 is 9.26 Å². The van der Waals surface area contributed by atoms with Crippen molar-refractivity contribution in [1.29, 1.82) is 0 Å². The van der Waals surface area contributed by atoms with Gasteiger partial charge in [0.25, 0.3) is 0 Å². The van der Waals surface area contributed by atoms with Crippen molar-refractivity contribution in [2.75, 3.05) is 12.5 Å². The molecule has 0 spiro atoms. The Balaban J connectivity index is 1.72. The average molecular weight is 279 g/mol. The van der Waals surface area contributed by atoms with E-state index in [0.29, 0.717) is 18.4 Å². The topological polar surface area (TPSA) is 48.2 Å². The number of hydrogen-bond acceptors (Lipinski definition) is 4. The summed E-state index contributed by atoms with van der Waals surface area (Å²) in [7, 11) is 0. The molecule has 5 heteroatoms. The molecule has 1 aliphatic heterocycles. The predicted octanol–water partition coefficient (Wildman–Crippen LogP) is 2.96. The number of alkyl halides is 1. The minimum absolute atomic E-state index is 0.170. The molecule has 19 heavy (non-hydrogen) atoms. The monoisotopic (exact) mass is 278 g/mol. The van der Waals surface area contributed by atoms with Crippen LogP contribution in [0.4, 0.5) is 0 Å². The largest absolute Gasteiger partial charge is 0.493 e. The van der Waals surface area contributed by atoms with Crippen LogP contribution in [-0.4, -0.2) is 22.6 Å². The lowest BCUT2D eigenvalue weighted by molar-refractivity contribution is 0.253. The molecule has 1 atom stereocenters. The van der Waals surface area contributed by atoms with Crippen LogP contribution < -0.4 is 4.74 Å². The minimum Gasteiger partial charge on any atom is -0.493 e. The highest BCUT2D eigenvalue weighted by atomic mass is 35.5. The Bertz CT molecular complexity index is 556. The van der Waals surface area contributed by atoms with Gasteiger partial charge in [-0.05, 0) is 24.5 Å². The van der Waals surface area contributed by atoms with Gasteiger partial charge in [0.2, 0.25) is 5.89 Å². The van der Waals surface area contributed by atoms with Gasteiger partial charge in [0.15, 0.2) is 5.82 Å². The van der Waals surface area contributed by atoms with Gasteiger partial charge in [-0.25, -0.2) is 0 Å². The highest BCUT2D eigenvalue weighted by Crippen LogP contribution is 2.30. The third kappa shape index (κ3) is 2.73. The van der Waals surface area contributed by atoms with Crippen molar-refractivity contribution >= 4 is 11.6 Å². The molecule has 1 aromatic carbocycles. The fourth-order valence-corrected chi connectivity index (χ4v) is 2.38. The predicted molar refractivity (Wildman–Crippen MR) is 71.7 cm³/mol. The van der Waals surface area contributed by atoms with Crippen LogP contribution in [0.5, 0.6) is 5.75 Å². The van der Waals surface area contributed by atoms with E-state index in [0.717, 1.165) is 30.8 Å². The van der Waals surface area contributed by atoms with Crippen molar-refractivity contribution in [3.05, 3.63) is 41.5 Å². The van der Waals surface area contributed by atoms with Gasteiger partial charge >= 0.3 is 0 Å². The van der Waals surface area contributed by atoms with Gasteiger partial charge in [-0.15, -0.1) is 11.6 Å². The van der Waals surface area contributed by atoms with Crippen LogP contribution in [-0.2, 0) is 12.8 Å². The number of hydrogen-bond donors (Lipinski definition) is 0. The Morgan fingerprint density at radius 3 is 3.11 bits per heavy atom. The molecule has 1 unspecified atom stereocenters. The first-order valence-electron chi connectivity index (χ1n) is 6.46. The van der Waals surface area contributed by atoms with E-state index in [4.69, 9.17) is 20.9 Å². The zero-order valence-corrected chi connectivity index (χ0v) is 11.3. The van der Waals surface area contributed by atoms with Crippen LogP contribution in [0.3, 0.4) is 0 Å². The maximum atomic E-state index is 5.74. The average Bonchev–Trinajstić information content (AvgIpc) is 2.93. The Kier molecular flexibility index (Phi) is 3.69. The first-order chi connectivity index (χ1) is 9.36. The molecule has 4 nitrogen and oxygen atoms in total. The van der Waals surface area contributed by atoms with E-state index in [1.54, 1.807) is 0 Å². The lowest BCUT2D eigenvalue weighted by atomic mass is 9.96. The lowest BCUT2D eigenvalue weighted by Gasteiger charge is -2.22. The summed E-state index contributed by atoms with van der Waals surface area (Å²) in [5.74, 6) is 3.14. The second-order valence-electron chi connectivity index (χ2n) is 4.66. The van der Waals surface area contributed by atoms with E-state index >= 15 is 0 Å². The third-order valence-electron chi connectivity index (χ3n) is 3.25. The van der Waals surface area contributed by atoms with Crippen LogP contribution >= 0.6 is 11.6 Å². The summed E-state index contributed by atoms with van der Waals surface area (Å²) in [5.41, 5.74) is 1.20. The number of fused-ring (bicyclic) bond motifs is 1. The van der Waals surface area contributed by atoms with E-state index in [-0.39, 0.29) is 5.92 Å². The van der Waals surface area contributed by atoms with Gasteiger partial charge in [0.1, 0.15) is 5.75 Å². The summed E-state index contributed by atoms with van der Waals surface area (Å²) >= 11 is 5.65. The van der Waals surface area contributed by atoms with Crippen molar-refractivity contribution in [3.63, 3.8) is 0 Å². The summed E-state index contributed by atoms with van der Waals surface area (Å²) in [4.78, 5) is 4.43. The number of ether oxygens (including phenoxy) is 1. The molecule has 2 heterocycles. The second kappa shape index (κ2) is 5.61. The molecular formula is C14H15ClN2O2. The molecule has 0 bridgehead atoms.